The third kappa shape index (κ3) is 3.49. The van der Waals surface area contributed by atoms with E-state index in [1.807, 2.05) is 18.2 Å². The first-order valence-corrected chi connectivity index (χ1v) is 5.31. The van der Waals surface area contributed by atoms with Crippen molar-refractivity contribution in [3.8, 4) is 0 Å². The van der Waals surface area contributed by atoms with Crippen molar-refractivity contribution in [2.45, 2.75) is 38.0 Å². The van der Waals surface area contributed by atoms with Gasteiger partial charge in [-0.1, -0.05) is 30.3 Å². The van der Waals surface area contributed by atoms with Crippen molar-refractivity contribution in [1.29, 1.82) is 0 Å². The highest BCUT2D eigenvalue weighted by Crippen LogP contribution is 2.19. The Balaban J connectivity index is 0.00000112. The van der Waals surface area contributed by atoms with Crippen molar-refractivity contribution in [2.75, 3.05) is 0 Å². The normalized spacial score (nSPS) is 24.9. The molecule has 1 aliphatic carbocycles. The second kappa shape index (κ2) is 6.11. The summed E-state index contributed by atoms with van der Waals surface area (Å²) in [6.45, 7) is 0.864. The van der Waals surface area contributed by atoms with Crippen LogP contribution in [-0.2, 0) is 6.54 Å². The van der Waals surface area contributed by atoms with Gasteiger partial charge in [0.25, 0.3) is 0 Å². The van der Waals surface area contributed by atoms with E-state index >= 15 is 0 Å². The fourth-order valence-corrected chi connectivity index (χ4v) is 2.02. The van der Waals surface area contributed by atoms with E-state index in [2.05, 4.69) is 17.4 Å². The van der Waals surface area contributed by atoms with E-state index in [0.29, 0.717) is 6.04 Å². The lowest BCUT2D eigenvalue weighted by Crippen LogP contribution is -2.34. The zero-order chi connectivity index (χ0) is 9.80. The van der Waals surface area contributed by atoms with Gasteiger partial charge in [-0.25, -0.2) is 0 Å². The molecule has 0 amide bonds. The summed E-state index contributed by atoms with van der Waals surface area (Å²) in [5.41, 5.74) is 1.28. The first kappa shape index (κ1) is 12.5. The highest BCUT2D eigenvalue weighted by Gasteiger charge is 2.24. The molecule has 0 radical (unpaired) electrons. The Bertz CT molecular complexity index is 278. The maximum absolute atomic E-state index is 9.60. The van der Waals surface area contributed by atoms with Crippen molar-refractivity contribution < 1.29 is 5.11 Å². The minimum atomic E-state index is -0.140. The van der Waals surface area contributed by atoms with Crippen molar-refractivity contribution in [1.82, 2.24) is 5.32 Å². The fraction of sp³-hybridized carbons (Fsp3) is 0.500. The molecule has 15 heavy (non-hydrogen) atoms. The van der Waals surface area contributed by atoms with Crippen LogP contribution in [-0.4, -0.2) is 17.3 Å². The number of aliphatic hydroxyl groups excluding tert-OH is 1. The average molecular weight is 228 g/mol. The summed E-state index contributed by atoms with van der Waals surface area (Å²) in [5.74, 6) is 0. The van der Waals surface area contributed by atoms with Gasteiger partial charge in [-0.2, -0.15) is 0 Å². The minimum Gasteiger partial charge on any atom is -0.392 e. The van der Waals surface area contributed by atoms with Crippen molar-refractivity contribution in [3.63, 3.8) is 0 Å². The van der Waals surface area contributed by atoms with E-state index in [1.54, 1.807) is 0 Å². The lowest BCUT2D eigenvalue weighted by molar-refractivity contribution is 0.148. The van der Waals surface area contributed by atoms with E-state index in [0.717, 1.165) is 25.8 Å². The number of benzene rings is 1. The summed E-state index contributed by atoms with van der Waals surface area (Å²) in [4.78, 5) is 0. The third-order valence-corrected chi connectivity index (χ3v) is 2.89. The number of nitrogens with one attached hydrogen (secondary N) is 1. The summed E-state index contributed by atoms with van der Waals surface area (Å²) < 4.78 is 0. The standard InChI is InChI=1S/C12H17NO.ClH/c14-12-8-4-7-11(12)13-9-10-5-2-1-3-6-10;/h1-3,5-6,11-14H,4,7-9H2;1H. The Morgan fingerprint density at radius 1 is 1.20 bits per heavy atom. The quantitative estimate of drug-likeness (QED) is 0.829. The van der Waals surface area contributed by atoms with Crippen molar-refractivity contribution >= 4 is 12.4 Å². The van der Waals surface area contributed by atoms with Crippen LogP contribution in [0.1, 0.15) is 24.8 Å². The molecule has 3 heteroatoms. The van der Waals surface area contributed by atoms with E-state index in [1.165, 1.54) is 5.56 Å². The zero-order valence-electron chi connectivity index (χ0n) is 8.73. The van der Waals surface area contributed by atoms with Crippen LogP contribution in [0.5, 0.6) is 0 Å². The smallest absolute Gasteiger partial charge is 0.0693 e. The molecule has 2 atom stereocenters. The van der Waals surface area contributed by atoms with Crippen LogP contribution in [0.25, 0.3) is 0 Å². The van der Waals surface area contributed by atoms with E-state index in [9.17, 15) is 5.11 Å². The lowest BCUT2D eigenvalue weighted by Gasteiger charge is -2.16. The maximum atomic E-state index is 9.60. The first-order valence-electron chi connectivity index (χ1n) is 5.31. The Kier molecular flexibility index (Phi) is 5.09. The molecule has 2 nitrogen and oxygen atoms in total. The van der Waals surface area contributed by atoms with Gasteiger partial charge in [-0.3, -0.25) is 0 Å². The number of hydrogen-bond donors (Lipinski definition) is 2. The summed E-state index contributed by atoms with van der Waals surface area (Å²) in [5, 5.41) is 13.0. The van der Waals surface area contributed by atoms with Gasteiger partial charge in [0.2, 0.25) is 0 Å². The van der Waals surface area contributed by atoms with Gasteiger partial charge >= 0.3 is 0 Å². The molecule has 0 heterocycles. The molecule has 0 spiro atoms. The van der Waals surface area contributed by atoms with Crippen LogP contribution < -0.4 is 5.32 Å². The van der Waals surface area contributed by atoms with Crippen LogP contribution in [0.3, 0.4) is 0 Å². The molecule has 1 aromatic rings. The predicted octanol–water partition coefficient (Wildman–Crippen LogP) is 2.11. The molecular formula is C12H18ClNO. The van der Waals surface area contributed by atoms with Crippen LogP contribution in [0.15, 0.2) is 30.3 Å². The highest BCUT2D eigenvalue weighted by molar-refractivity contribution is 5.85. The van der Waals surface area contributed by atoms with Crippen molar-refractivity contribution in [2.24, 2.45) is 0 Å². The van der Waals surface area contributed by atoms with Gasteiger partial charge in [-0.15, -0.1) is 12.4 Å². The molecule has 0 bridgehead atoms. The van der Waals surface area contributed by atoms with E-state index < -0.39 is 0 Å². The molecule has 1 saturated carbocycles. The molecule has 0 saturated heterocycles. The SMILES string of the molecule is Cl.OC1CCCC1NCc1ccccc1. The number of aliphatic hydroxyl groups is 1. The molecule has 2 unspecified atom stereocenters. The third-order valence-electron chi connectivity index (χ3n) is 2.89. The monoisotopic (exact) mass is 227 g/mol. The molecule has 84 valence electrons. The molecule has 0 aromatic heterocycles. The molecule has 2 rings (SSSR count). The molecule has 1 aromatic carbocycles. The largest absolute Gasteiger partial charge is 0.392 e. The Morgan fingerprint density at radius 2 is 1.93 bits per heavy atom. The van der Waals surface area contributed by atoms with Gasteiger partial charge in [0.05, 0.1) is 6.10 Å². The van der Waals surface area contributed by atoms with Gasteiger partial charge in [-0.05, 0) is 24.8 Å². The minimum absolute atomic E-state index is 0. The second-order valence-corrected chi connectivity index (χ2v) is 3.97. The van der Waals surface area contributed by atoms with Gasteiger partial charge in [0.1, 0.15) is 0 Å². The first-order chi connectivity index (χ1) is 6.86. The summed E-state index contributed by atoms with van der Waals surface area (Å²) in [6, 6.07) is 10.6. The lowest BCUT2D eigenvalue weighted by atomic mass is 10.2. The fourth-order valence-electron chi connectivity index (χ4n) is 2.02. The van der Waals surface area contributed by atoms with Crippen LogP contribution in [0, 0.1) is 0 Å². The van der Waals surface area contributed by atoms with Gasteiger partial charge in [0, 0.05) is 12.6 Å². The van der Waals surface area contributed by atoms with Gasteiger partial charge < -0.3 is 10.4 Å². The maximum Gasteiger partial charge on any atom is 0.0693 e. The number of rotatable bonds is 3. The topological polar surface area (TPSA) is 32.3 Å². The van der Waals surface area contributed by atoms with Crippen molar-refractivity contribution in [3.05, 3.63) is 35.9 Å². The van der Waals surface area contributed by atoms with Gasteiger partial charge in [0.15, 0.2) is 0 Å². The molecule has 1 fully saturated rings. The molecule has 0 aliphatic heterocycles. The van der Waals surface area contributed by atoms with Crippen LogP contribution in [0.4, 0.5) is 0 Å². The Morgan fingerprint density at radius 3 is 2.53 bits per heavy atom. The second-order valence-electron chi connectivity index (χ2n) is 3.97. The Labute approximate surface area is 97.1 Å². The van der Waals surface area contributed by atoms with E-state index in [-0.39, 0.29) is 18.5 Å². The van der Waals surface area contributed by atoms with E-state index in [4.69, 9.17) is 0 Å². The molecular weight excluding hydrogens is 210 g/mol. The van der Waals surface area contributed by atoms with Crippen LogP contribution in [0.2, 0.25) is 0 Å². The zero-order valence-corrected chi connectivity index (χ0v) is 9.54. The highest BCUT2D eigenvalue weighted by atomic mass is 35.5. The Hall–Kier alpha value is -0.570. The molecule has 1 aliphatic rings. The number of hydrogen-bond acceptors (Lipinski definition) is 2. The summed E-state index contributed by atoms with van der Waals surface area (Å²) in [6.07, 6.45) is 3.06. The predicted molar refractivity (Wildman–Crippen MR) is 64.2 cm³/mol. The van der Waals surface area contributed by atoms with Crippen LogP contribution >= 0.6 is 12.4 Å². The molecule has 2 N–H and O–H groups in total. The summed E-state index contributed by atoms with van der Waals surface area (Å²) >= 11 is 0. The number of halogens is 1. The summed E-state index contributed by atoms with van der Waals surface area (Å²) in [7, 11) is 0. The average Bonchev–Trinajstić information content (AvgIpc) is 2.63.